The maximum Gasteiger partial charge on any atom is 0.335 e. The molecule has 0 amide bonds. The molecule has 0 aliphatic rings. The molecule has 0 unspecified atom stereocenters. The smallest absolute Gasteiger partial charge is 0.335 e. The summed E-state index contributed by atoms with van der Waals surface area (Å²) < 4.78 is 5.07. The summed E-state index contributed by atoms with van der Waals surface area (Å²) in [4.78, 5) is 10.7. The number of rotatable bonds is 4. The lowest BCUT2D eigenvalue weighted by Gasteiger charge is -2.06. The van der Waals surface area contributed by atoms with Gasteiger partial charge in [-0.05, 0) is 38.1 Å². The van der Waals surface area contributed by atoms with Gasteiger partial charge in [-0.3, -0.25) is 0 Å². The van der Waals surface area contributed by atoms with Crippen LogP contribution < -0.4 is 5.32 Å². The molecule has 0 atom stereocenters. The van der Waals surface area contributed by atoms with E-state index in [1.807, 2.05) is 13.8 Å². The fourth-order valence-corrected chi connectivity index (χ4v) is 1.68. The lowest BCUT2D eigenvalue weighted by Crippen LogP contribution is -2.02. The zero-order valence-electron chi connectivity index (χ0n) is 10.2. The molecule has 1 heterocycles. The van der Waals surface area contributed by atoms with E-state index >= 15 is 0 Å². The third kappa shape index (κ3) is 2.51. The topological polar surface area (TPSA) is 75.4 Å². The monoisotopic (exact) mass is 246 g/mol. The van der Waals surface area contributed by atoms with Crippen molar-refractivity contribution in [1.29, 1.82) is 0 Å². The van der Waals surface area contributed by atoms with Crippen molar-refractivity contribution in [3.8, 4) is 0 Å². The number of anilines is 1. The van der Waals surface area contributed by atoms with Gasteiger partial charge in [-0.15, -0.1) is 0 Å². The second-order valence-corrected chi connectivity index (χ2v) is 4.04. The van der Waals surface area contributed by atoms with Crippen LogP contribution in [0.15, 0.2) is 28.8 Å². The van der Waals surface area contributed by atoms with E-state index in [0.29, 0.717) is 6.54 Å². The number of hydrogen-bond donors (Lipinski definition) is 2. The molecule has 0 saturated heterocycles. The van der Waals surface area contributed by atoms with Crippen LogP contribution in [-0.4, -0.2) is 16.2 Å². The Hall–Kier alpha value is -2.30. The normalized spacial score (nSPS) is 10.3. The summed E-state index contributed by atoms with van der Waals surface area (Å²) in [6.45, 7) is 4.36. The summed E-state index contributed by atoms with van der Waals surface area (Å²) in [7, 11) is 0. The average molecular weight is 246 g/mol. The first-order valence-corrected chi connectivity index (χ1v) is 5.57. The minimum Gasteiger partial charge on any atom is -0.478 e. The second-order valence-electron chi connectivity index (χ2n) is 4.04. The largest absolute Gasteiger partial charge is 0.478 e. The SMILES string of the molecule is Cc1noc(C)c1CNc1ccc(C(=O)O)cc1. The Morgan fingerprint density at radius 3 is 2.50 bits per heavy atom. The highest BCUT2D eigenvalue weighted by Crippen LogP contribution is 2.15. The van der Waals surface area contributed by atoms with Crippen molar-refractivity contribution in [2.75, 3.05) is 5.32 Å². The van der Waals surface area contributed by atoms with Crippen LogP contribution in [0.2, 0.25) is 0 Å². The third-order valence-corrected chi connectivity index (χ3v) is 2.78. The van der Waals surface area contributed by atoms with Crippen molar-refractivity contribution in [2.45, 2.75) is 20.4 Å². The number of aryl methyl sites for hydroxylation is 2. The van der Waals surface area contributed by atoms with Gasteiger partial charge in [-0.25, -0.2) is 4.79 Å². The van der Waals surface area contributed by atoms with Crippen LogP contribution >= 0.6 is 0 Å². The van der Waals surface area contributed by atoms with Gasteiger partial charge in [0.25, 0.3) is 0 Å². The molecule has 1 aromatic carbocycles. The number of carbonyl (C=O) groups is 1. The molecule has 0 saturated carbocycles. The van der Waals surface area contributed by atoms with Crippen molar-refractivity contribution in [1.82, 2.24) is 5.16 Å². The molecule has 0 aliphatic carbocycles. The fourth-order valence-electron chi connectivity index (χ4n) is 1.68. The van der Waals surface area contributed by atoms with Crippen molar-refractivity contribution in [2.24, 2.45) is 0 Å². The molecule has 0 spiro atoms. The van der Waals surface area contributed by atoms with E-state index in [1.165, 1.54) is 0 Å². The van der Waals surface area contributed by atoms with Gasteiger partial charge in [0.2, 0.25) is 0 Å². The molecule has 2 aromatic rings. The highest BCUT2D eigenvalue weighted by atomic mass is 16.5. The maximum absolute atomic E-state index is 10.7. The molecule has 1 aromatic heterocycles. The van der Waals surface area contributed by atoms with Crippen LogP contribution in [0.4, 0.5) is 5.69 Å². The molecule has 0 bridgehead atoms. The van der Waals surface area contributed by atoms with Gasteiger partial charge in [0, 0.05) is 17.8 Å². The number of aromatic nitrogens is 1. The summed E-state index contributed by atoms with van der Waals surface area (Å²) in [6.07, 6.45) is 0. The summed E-state index contributed by atoms with van der Waals surface area (Å²) in [5.41, 5.74) is 3.03. The van der Waals surface area contributed by atoms with Crippen molar-refractivity contribution in [3.63, 3.8) is 0 Å². The lowest BCUT2D eigenvalue weighted by atomic mass is 10.2. The van der Waals surface area contributed by atoms with E-state index in [2.05, 4.69) is 10.5 Å². The van der Waals surface area contributed by atoms with E-state index in [0.717, 1.165) is 22.7 Å². The molecule has 0 fully saturated rings. The third-order valence-electron chi connectivity index (χ3n) is 2.78. The molecular weight excluding hydrogens is 232 g/mol. The van der Waals surface area contributed by atoms with Crippen LogP contribution in [-0.2, 0) is 6.54 Å². The lowest BCUT2D eigenvalue weighted by molar-refractivity contribution is 0.0697. The van der Waals surface area contributed by atoms with Crippen LogP contribution in [0.25, 0.3) is 0 Å². The average Bonchev–Trinajstić information content (AvgIpc) is 2.67. The number of benzene rings is 1. The molecule has 0 aliphatic heterocycles. The fraction of sp³-hybridized carbons (Fsp3) is 0.231. The molecular formula is C13H14N2O3. The second kappa shape index (κ2) is 4.91. The van der Waals surface area contributed by atoms with E-state index in [-0.39, 0.29) is 5.56 Å². The molecule has 18 heavy (non-hydrogen) atoms. The van der Waals surface area contributed by atoms with Gasteiger partial charge in [-0.1, -0.05) is 5.16 Å². The number of carboxylic acids is 1. The predicted molar refractivity (Wildman–Crippen MR) is 66.7 cm³/mol. The summed E-state index contributed by atoms with van der Waals surface area (Å²) in [5, 5.41) is 15.9. The quantitative estimate of drug-likeness (QED) is 0.867. The van der Waals surface area contributed by atoms with Gasteiger partial charge in [0.05, 0.1) is 11.3 Å². The summed E-state index contributed by atoms with van der Waals surface area (Å²) in [5.74, 6) is -0.130. The number of hydrogen-bond acceptors (Lipinski definition) is 4. The first-order chi connectivity index (χ1) is 8.58. The van der Waals surface area contributed by atoms with Crippen molar-refractivity contribution in [3.05, 3.63) is 46.8 Å². The van der Waals surface area contributed by atoms with E-state index in [1.54, 1.807) is 24.3 Å². The molecule has 5 nitrogen and oxygen atoms in total. The van der Waals surface area contributed by atoms with Gasteiger partial charge in [0.15, 0.2) is 0 Å². The van der Waals surface area contributed by atoms with Crippen LogP contribution in [0, 0.1) is 13.8 Å². The molecule has 94 valence electrons. The Morgan fingerprint density at radius 1 is 1.33 bits per heavy atom. The van der Waals surface area contributed by atoms with E-state index < -0.39 is 5.97 Å². The van der Waals surface area contributed by atoms with Crippen LogP contribution in [0.3, 0.4) is 0 Å². The summed E-state index contributed by atoms with van der Waals surface area (Å²) in [6, 6.07) is 6.61. The Morgan fingerprint density at radius 2 is 2.00 bits per heavy atom. The standard InChI is InChI=1S/C13H14N2O3/c1-8-12(9(2)18-15-8)7-14-11-5-3-10(4-6-11)13(16)17/h3-6,14H,7H2,1-2H3,(H,16,17). The van der Waals surface area contributed by atoms with Gasteiger partial charge in [-0.2, -0.15) is 0 Å². The molecule has 2 N–H and O–H groups in total. The number of aromatic carboxylic acids is 1. The van der Waals surface area contributed by atoms with Gasteiger partial charge in [0.1, 0.15) is 5.76 Å². The van der Waals surface area contributed by atoms with Gasteiger partial charge < -0.3 is 14.9 Å². The van der Waals surface area contributed by atoms with Crippen LogP contribution in [0.5, 0.6) is 0 Å². The Kier molecular flexibility index (Phi) is 3.32. The minimum atomic E-state index is -0.924. The first-order valence-electron chi connectivity index (χ1n) is 5.57. The van der Waals surface area contributed by atoms with E-state index in [9.17, 15) is 4.79 Å². The molecule has 5 heteroatoms. The molecule has 0 radical (unpaired) electrons. The predicted octanol–water partition coefficient (Wildman–Crippen LogP) is 2.60. The summed E-state index contributed by atoms with van der Waals surface area (Å²) >= 11 is 0. The Balaban J connectivity index is 2.04. The minimum absolute atomic E-state index is 0.276. The van der Waals surface area contributed by atoms with Crippen molar-refractivity contribution >= 4 is 11.7 Å². The van der Waals surface area contributed by atoms with E-state index in [4.69, 9.17) is 9.63 Å². The number of nitrogens with one attached hydrogen (secondary N) is 1. The van der Waals surface area contributed by atoms with Crippen molar-refractivity contribution < 1.29 is 14.4 Å². The highest BCUT2D eigenvalue weighted by molar-refractivity contribution is 5.87. The number of carboxylic acid groups (broad SMARTS) is 1. The zero-order chi connectivity index (χ0) is 13.1. The highest BCUT2D eigenvalue weighted by Gasteiger charge is 2.08. The Labute approximate surface area is 104 Å². The number of nitrogens with zero attached hydrogens (tertiary/aromatic N) is 1. The molecule has 2 rings (SSSR count). The van der Waals surface area contributed by atoms with Gasteiger partial charge >= 0.3 is 5.97 Å². The maximum atomic E-state index is 10.7. The van der Waals surface area contributed by atoms with Crippen LogP contribution in [0.1, 0.15) is 27.4 Å². The first kappa shape index (κ1) is 12.2. The Bertz CT molecular complexity index is 539. The zero-order valence-corrected chi connectivity index (χ0v) is 10.2.